The first-order chi connectivity index (χ1) is 15.0. The van der Waals surface area contributed by atoms with Crippen molar-refractivity contribution in [3.63, 3.8) is 0 Å². The van der Waals surface area contributed by atoms with Crippen LogP contribution in [-0.2, 0) is 4.74 Å². The highest BCUT2D eigenvalue weighted by Gasteiger charge is 2.39. The first-order valence-corrected chi connectivity index (χ1v) is 12.8. The smallest absolute Gasteiger partial charge is 0.337 e. The molecule has 32 heavy (non-hydrogen) atoms. The Hall–Kier alpha value is -0.390. The van der Waals surface area contributed by atoms with Crippen LogP contribution in [-0.4, -0.2) is 16.2 Å². The lowest BCUT2D eigenvalue weighted by Crippen LogP contribution is -2.18. The van der Waals surface area contributed by atoms with E-state index in [0.29, 0.717) is 25.7 Å². The first-order valence-electron chi connectivity index (χ1n) is 8.13. The van der Waals surface area contributed by atoms with Gasteiger partial charge in [0.2, 0.25) is 4.67 Å². The zero-order valence-corrected chi connectivity index (χ0v) is 24.2. The molecular formula is C19H4Br4Cl4O5. The minimum Gasteiger partial charge on any atom is -0.507 e. The number of allylic oxidation sites excluding steroid dienone is 1. The van der Waals surface area contributed by atoms with Gasteiger partial charge < -0.3 is 19.7 Å². The van der Waals surface area contributed by atoms with E-state index in [1.54, 1.807) is 0 Å². The molecule has 0 aromatic heterocycles. The van der Waals surface area contributed by atoms with Crippen molar-refractivity contribution < 1.29 is 24.5 Å². The molecule has 2 aliphatic rings. The molecule has 2 aliphatic heterocycles. The van der Waals surface area contributed by atoms with Crippen LogP contribution in [0.3, 0.4) is 0 Å². The minimum absolute atomic E-state index is 0.00135. The molecular weight excluding hydrogens is 770 g/mol. The molecule has 0 fully saturated rings. The van der Waals surface area contributed by atoms with Gasteiger partial charge in [-0.1, -0.05) is 46.4 Å². The van der Waals surface area contributed by atoms with E-state index in [0.717, 1.165) is 0 Å². The maximum absolute atomic E-state index is 12.3. The van der Waals surface area contributed by atoms with Gasteiger partial charge in [0.15, 0.2) is 11.5 Å². The minimum atomic E-state index is -1.38. The zero-order valence-electron chi connectivity index (χ0n) is 14.8. The third-order valence-corrected chi connectivity index (χ3v) is 8.82. The lowest BCUT2D eigenvalue weighted by atomic mass is 9.86. The Balaban J connectivity index is 2.31. The van der Waals surface area contributed by atoms with Crippen molar-refractivity contribution in [2.45, 2.75) is 0 Å². The van der Waals surface area contributed by atoms with Crippen molar-refractivity contribution in [1.82, 2.24) is 0 Å². The van der Waals surface area contributed by atoms with Crippen molar-refractivity contribution in [1.29, 1.82) is 0 Å². The van der Waals surface area contributed by atoms with Gasteiger partial charge in [-0.2, -0.15) is 0 Å². The van der Waals surface area contributed by atoms with Crippen LogP contribution in [0.2, 0.25) is 20.1 Å². The fraction of sp³-hybridized carbons (Fsp3) is 0. The summed E-state index contributed by atoms with van der Waals surface area (Å²) in [5, 5.41) is 19.6. The van der Waals surface area contributed by atoms with Gasteiger partial charge in [0.25, 0.3) is 0 Å². The van der Waals surface area contributed by atoms with Gasteiger partial charge in [-0.15, -0.1) is 0 Å². The summed E-state index contributed by atoms with van der Waals surface area (Å²) in [5.41, 5.74) is 0.703. The Labute approximate surface area is 234 Å². The quantitative estimate of drug-likeness (QED) is 0.235. The van der Waals surface area contributed by atoms with Crippen LogP contribution in [0, 0.1) is 0 Å². The van der Waals surface area contributed by atoms with E-state index >= 15 is 0 Å². The van der Waals surface area contributed by atoms with Crippen LogP contribution in [0.15, 0.2) is 41.8 Å². The Morgan fingerprint density at radius 1 is 0.906 bits per heavy atom. The molecule has 4 rings (SSSR count). The van der Waals surface area contributed by atoms with Crippen LogP contribution < -0.4 is 4.74 Å². The second-order valence-electron chi connectivity index (χ2n) is 6.25. The fourth-order valence-electron chi connectivity index (χ4n) is 3.21. The van der Waals surface area contributed by atoms with Gasteiger partial charge in [-0.05, 0) is 69.8 Å². The normalized spacial score (nSPS) is 15.1. The van der Waals surface area contributed by atoms with Crippen LogP contribution in [0.4, 0.5) is 0 Å². The van der Waals surface area contributed by atoms with Crippen LogP contribution in [0.1, 0.15) is 21.5 Å². The number of carboxylic acid groups (broad SMARTS) is 1. The van der Waals surface area contributed by atoms with Crippen molar-refractivity contribution >= 4 is 122 Å². The lowest BCUT2D eigenvalue weighted by molar-refractivity contribution is 0.0696. The molecule has 0 atom stereocenters. The second kappa shape index (κ2) is 9.00. The van der Waals surface area contributed by atoms with Crippen LogP contribution in [0.25, 0.3) is 5.57 Å². The fourth-order valence-corrected chi connectivity index (χ4v) is 6.07. The summed E-state index contributed by atoms with van der Waals surface area (Å²) in [7, 11) is 0. The van der Waals surface area contributed by atoms with Crippen molar-refractivity contribution in [3.05, 3.63) is 78.5 Å². The molecule has 0 amide bonds. The highest BCUT2D eigenvalue weighted by molar-refractivity contribution is 9.12. The topological polar surface area (TPSA) is 76.0 Å². The average Bonchev–Trinajstić information content (AvgIpc) is 2.74. The van der Waals surface area contributed by atoms with Gasteiger partial charge in [-0.25, -0.2) is 4.79 Å². The van der Waals surface area contributed by atoms with Crippen LogP contribution >= 0.6 is 110 Å². The van der Waals surface area contributed by atoms with Gasteiger partial charge in [0, 0.05) is 26.7 Å². The molecule has 2 aromatic rings. The molecule has 0 aliphatic carbocycles. The summed E-state index contributed by atoms with van der Waals surface area (Å²) in [5.74, 6) is -1.15. The van der Waals surface area contributed by atoms with Crippen molar-refractivity contribution in [2.24, 2.45) is 0 Å². The SMILES string of the molecule is O=C(O)c1c(Cl)c(Cl)c(Cl)c(Cl)c1C1=C2C(Br)=COC(Br)=C2Oc2c(Br)c(O)cc(Br)c21. The molecule has 2 aromatic carbocycles. The Bertz CT molecular complexity index is 1350. The molecule has 0 saturated heterocycles. The zero-order chi connectivity index (χ0) is 23.6. The van der Waals surface area contributed by atoms with E-state index in [1.807, 2.05) is 0 Å². The Morgan fingerprint density at radius 2 is 1.53 bits per heavy atom. The Morgan fingerprint density at radius 3 is 2.16 bits per heavy atom. The highest BCUT2D eigenvalue weighted by Crippen LogP contribution is 2.57. The number of carbonyl (C=O) groups is 1. The molecule has 5 nitrogen and oxygen atoms in total. The van der Waals surface area contributed by atoms with Crippen molar-refractivity contribution in [2.75, 3.05) is 0 Å². The largest absolute Gasteiger partial charge is 0.507 e. The molecule has 0 bridgehead atoms. The number of aromatic carboxylic acids is 1. The lowest BCUT2D eigenvalue weighted by Gasteiger charge is -2.31. The van der Waals surface area contributed by atoms with E-state index in [1.165, 1.54) is 12.3 Å². The molecule has 0 spiro atoms. The summed E-state index contributed by atoms with van der Waals surface area (Å²) in [4.78, 5) is 12.3. The summed E-state index contributed by atoms with van der Waals surface area (Å²) in [6.07, 6.45) is 1.38. The molecule has 2 heterocycles. The van der Waals surface area contributed by atoms with Gasteiger partial charge in [-0.3, -0.25) is 0 Å². The average molecular weight is 774 g/mol. The monoisotopic (exact) mass is 768 g/mol. The molecule has 0 saturated carbocycles. The summed E-state index contributed by atoms with van der Waals surface area (Å²) in [6.45, 7) is 0. The number of hydrogen-bond acceptors (Lipinski definition) is 4. The number of benzene rings is 2. The number of fused-ring (bicyclic) bond motifs is 2. The maximum Gasteiger partial charge on any atom is 0.337 e. The summed E-state index contributed by atoms with van der Waals surface area (Å²) in [6, 6.07) is 1.42. The predicted octanol–water partition coefficient (Wildman–Crippen LogP) is 9.25. The van der Waals surface area contributed by atoms with E-state index < -0.39 is 5.97 Å². The van der Waals surface area contributed by atoms with E-state index in [-0.39, 0.29) is 57.6 Å². The summed E-state index contributed by atoms with van der Waals surface area (Å²) >= 11 is 38.8. The first kappa shape index (κ1) is 24.7. The van der Waals surface area contributed by atoms with E-state index in [2.05, 4.69) is 63.7 Å². The van der Waals surface area contributed by atoms with Gasteiger partial charge >= 0.3 is 5.97 Å². The molecule has 0 unspecified atom stereocenters. The summed E-state index contributed by atoms with van der Waals surface area (Å²) < 4.78 is 12.7. The molecule has 0 radical (unpaired) electrons. The third kappa shape index (κ3) is 3.73. The highest BCUT2D eigenvalue weighted by atomic mass is 79.9. The van der Waals surface area contributed by atoms with Gasteiger partial charge in [0.05, 0.1) is 30.1 Å². The Kier molecular flexibility index (Phi) is 6.95. The number of rotatable bonds is 2. The molecule has 13 heteroatoms. The maximum atomic E-state index is 12.3. The standard InChI is InChI=1S/C19H4Br4Cl4O5/c20-3-1-5(28)11(22)16-6(3)8(7-4(21)2-31-18(23)17(7)32-16)9-10(19(29)30)13(25)15(27)14(26)12(9)24/h1-2,28H,(H,29,30). The van der Waals surface area contributed by atoms with E-state index in [9.17, 15) is 15.0 Å². The number of aromatic hydroxyl groups is 1. The van der Waals surface area contributed by atoms with Gasteiger partial charge in [0.1, 0.15) is 16.5 Å². The number of halogens is 8. The number of ether oxygens (including phenoxy) is 2. The molecule has 166 valence electrons. The number of carboxylic acids is 1. The number of hydrogen-bond donors (Lipinski definition) is 2. The number of phenolic OH excluding ortho intramolecular Hbond substituents is 1. The second-order valence-corrected chi connectivity index (χ2v) is 11.0. The number of phenols is 1. The van der Waals surface area contributed by atoms with Crippen LogP contribution in [0.5, 0.6) is 11.5 Å². The van der Waals surface area contributed by atoms with E-state index in [4.69, 9.17) is 55.9 Å². The predicted molar refractivity (Wildman–Crippen MR) is 138 cm³/mol. The third-order valence-electron chi connectivity index (χ3n) is 4.50. The molecule has 2 N–H and O–H groups in total. The van der Waals surface area contributed by atoms with Crippen molar-refractivity contribution in [3.8, 4) is 11.5 Å².